The molecule has 7 heteroatoms. The summed E-state index contributed by atoms with van der Waals surface area (Å²) >= 11 is 1.82. The molecule has 0 spiro atoms. The number of carbonyl (C=O) groups is 1. The second-order valence-electron chi connectivity index (χ2n) is 7.39. The molecule has 1 aliphatic heterocycles. The van der Waals surface area contributed by atoms with Crippen LogP contribution < -0.4 is 16.0 Å². The van der Waals surface area contributed by atoms with Crippen LogP contribution in [0, 0.1) is 5.92 Å². The molecule has 1 unspecified atom stereocenters. The molecule has 2 heterocycles. The van der Waals surface area contributed by atoms with Crippen LogP contribution in [-0.2, 0) is 11.2 Å². The first-order valence-corrected chi connectivity index (χ1v) is 11.0. The van der Waals surface area contributed by atoms with E-state index in [0.717, 1.165) is 57.8 Å². The Balaban J connectivity index is 1.64. The predicted molar refractivity (Wildman–Crippen MR) is 114 cm³/mol. The molecule has 27 heavy (non-hydrogen) atoms. The van der Waals surface area contributed by atoms with Crippen molar-refractivity contribution in [2.45, 2.75) is 45.6 Å². The average Bonchev–Trinajstić information content (AvgIpc) is 3.17. The van der Waals surface area contributed by atoms with Gasteiger partial charge in [0.1, 0.15) is 0 Å². The van der Waals surface area contributed by atoms with E-state index in [2.05, 4.69) is 57.2 Å². The number of guanidine groups is 1. The Hall–Kier alpha value is -1.60. The molecule has 1 aromatic rings. The van der Waals surface area contributed by atoms with Crippen molar-refractivity contribution >= 4 is 23.2 Å². The molecule has 3 N–H and O–H groups in total. The van der Waals surface area contributed by atoms with Crippen molar-refractivity contribution in [1.29, 1.82) is 0 Å². The highest BCUT2D eigenvalue weighted by atomic mass is 32.1. The summed E-state index contributed by atoms with van der Waals surface area (Å²) < 4.78 is 0. The Morgan fingerprint density at radius 1 is 1.37 bits per heavy atom. The fraction of sp³-hybridized carbons (Fsp3) is 0.700. The Morgan fingerprint density at radius 3 is 2.78 bits per heavy atom. The van der Waals surface area contributed by atoms with Crippen molar-refractivity contribution in [2.24, 2.45) is 10.9 Å². The first kappa shape index (κ1) is 21.7. The highest BCUT2D eigenvalue weighted by Crippen LogP contribution is 2.14. The molecule has 2 rings (SSSR count). The quantitative estimate of drug-likeness (QED) is 0.444. The topological polar surface area (TPSA) is 68.8 Å². The van der Waals surface area contributed by atoms with Crippen molar-refractivity contribution in [3.8, 4) is 0 Å². The van der Waals surface area contributed by atoms with Crippen molar-refractivity contribution in [1.82, 2.24) is 20.9 Å². The minimum Gasteiger partial charge on any atom is -0.356 e. The third-order valence-electron chi connectivity index (χ3n) is 4.84. The van der Waals surface area contributed by atoms with E-state index < -0.39 is 0 Å². The van der Waals surface area contributed by atoms with E-state index in [1.165, 1.54) is 4.88 Å². The molecule has 152 valence electrons. The SMILES string of the molecule is CCCNC(=O)CN1CCC(NC(=NC)NCC(C)Cc2cccs2)CC1. The average molecular weight is 394 g/mol. The molecule has 1 aliphatic rings. The Kier molecular flexibility index (Phi) is 9.62. The Labute approximate surface area is 167 Å². The second-order valence-corrected chi connectivity index (χ2v) is 8.42. The van der Waals surface area contributed by atoms with Gasteiger partial charge in [-0.1, -0.05) is 19.9 Å². The number of thiophene rings is 1. The summed E-state index contributed by atoms with van der Waals surface area (Å²) in [6.07, 6.45) is 4.15. The monoisotopic (exact) mass is 393 g/mol. The first-order valence-electron chi connectivity index (χ1n) is 10.1. The number of likely N-dealkylation sites (tertiary alicyclic amines) is 1. The lowest BCUT2D eigenvalue weighted by molar-refractivity contribution is -0.122. The predicted octanol–water partition coefficient (Wildman–Crippen LogP) is 2.08. The number of piperidine rings is 1. The van der Waals surface area contributed by atoms with E-state index in [1.807, 2.05) is 18.4 Å². The number of rotatable bonds is 9. The van der Waals surface area contributed by atoms with E-state index in [4.69, 9.17) is 0 Å². The van der Waals surface area contributed by atoms with E-state index in [1.54, 1.807) is 0 Å². The molecular weight excluding hydrogens is 358 g/mol. The molecule has 1 amide bonds. The first-order chi connectivity index (χ1) is 13.1. The molecule has 6 nitrogen and oxygen atoms in total. The van der Waals surface area contributed by atoms with Crippen molar-refractivity contribution in [2.75, 3.05) is 39.8 Å². The smallest absolute Gasteiger partial charge is 0.234 e. The minimum absolute atomic E-state index is 0.139. The van der Waals surface area contributed by atoms with Gasteiger partial charge in [0.05, 0.1) is 6.54 Å². The zero-order valence-corrected chi connectivity index (χ0v) is 17.8. The Morgan fingerprint density at radius 2 is 2.15 bits per heavy atom. The zero-order valence-electron chi connectivity index (χ0n) is 17.0. The van der Waals surface area contributed by atoms with Crippen LogP contribution in [0.1, 0.15) is 38.0 Å². The maximum Gasteiger partial charge on any atom is 0.234 e. The van der Waals surface area contributed by atoms with Crippen LogP contribution in [0.2, 0.25) is 0 Å². The fourth-order valence-electron chi connectivity index (χ4n) is 3.26. The molecule has 0 aromatic carbocycles. The Bertz CT molecular complexity index is 567. The fourth-order valence-corrected chi connectivity index (χ4v) is 4.13. The zero-order chi connectivity index (χ0) is 19.5. The van der Waals surface area contributed by atoms with Gasteiger partial charge in [-0.2, -0.15) is 0 Å². The number of amides is 1. The van der Waals surface area contributed by atoms with Crippen molar-refractivity contribution < 1.29 is 4.79 Å². The summed E-state index contributed by atoms with van der Waals surface area (Å²) in [7, 11) is 1.83. The van der Waals surface area contributed by atoms with Gasteiger partial charge in [0.25, 0.3) is 0 Å². The highest BCUT2D eigenvalue weighted by molar-refractivity contribution is 7.09. The number of nitrogens with one attached hydrogen (secondary N) is 3. The largest absolute Gasteiger partial charge is 0.356 e. The summed E-state index contributed by atoms with van der Waals surface area (Å²) in [6.45, 7) is 8.42. The molecule has 1 atom stereocenters. The molecule has 0 saturated carbocycles. The molecule has 1 saturated heterocycles. The third kappa shape index (κ3) is 8.30. The van der Waals surface area contributed by atoms with Gasteiger partial charge in [0.2, 0.25) is 5.91 Å². The normalized spacial score (nSPS) is 17.5. The number of aliphatic imine (C=N–C) groups is 1. The van der Waals surface area contributed by atoms with Gasteiger partial charge in [0.15, 0.2) is 5.96 Å². The summed E-state index contributed by atoms with van der Waals surface area (Å²) in [5, 5.41) is 12.1. The van der Waals surface area contributed by atoms with Crippen LogP contribution in [0.4, 0.5) is 0 Å². The highest BCUT2D eigenvalue weighted by Gasteiger charge is 2.21. The van der Waals surface area contributed by atoms with Crippen LogP contribution in [0.25, 0.3) is 0 Å². The van der Waals surface area contributed by atoms with Gasteiger partial charge in [-0.3, -0.25) is 14.7 Å². The van der Waals surface area contributed by atoms with Crippen molar-refractivity contribution in [3.63, 3.8) is 0 Å². The van der Waals surface area contributed by atoms with Crippen LogP contribution in [-0.4, -0.2) is 62.6 Å². The maximum absolute atomic E-state index is 11.8. The number of carbonyl (C=O) groups excluding carboxylic acids is 1. The lowest BCUT2D eigenvalue weighted by Crippen LogP contribution is -2.50. The third-order valence-corrected chi connectivity index (χ3v) is 5.74. The van der Waals surface area contributed by atoms with Gasteiger partial charge in [0, 0.05) is 44.1 Å². The van der Waals surface area contributed by atoms with Gasteiger partial charge in [-0.05, 0) is 43.0 Å². The maximum atomic E-state index is 11.8. The molecule has 0 bridgehead atoms. The van der Waals surface area contributed by atoms with Gasteiger partial charge in [-0.25, -0.2) is 0 Å². The number of nitrogens with zero attached hydrogens (tertiary/aromatic N) is 2. The molecule has 0 aliphatic carbocycles. The van der Waals surface area contributed by atoms with E-state index in [0.29, 0.717) is 18.5 Å². The van der Waals surface area contributed by atoms with Crippen LogP contribution in [0.15, 0.2) is 22.5 Å². The van der Waals surface area contributed by atoms with E-state index >= 15 is 0 Å². The summed E-state index contributed by atoms with van der Waals surface area (Å²) in [6, 6.07) is 4.73. The lowest BCUT2D eigenvalue weighted by atomic mass is 10.1. The number of hydrogen-bond donors (Lipinski definition) is 3. The van der Waals surface area contributed by atoms with E-state index in [-0.39, 0.29) is 5.91 Å². The minimum atomic E-state index is 0.139. The van der Waals surface area contributed by atoms with Crippen LogP contribution >= 0.6 is 11.3 Å². The second kappa shape index (κ2) is 12.0. The van der Waals surface area contributed by atoms with Gasteiger partial charge < -0.3 is 16.0 Å². The van der Waals surface area contributed by atoms with Crippen LogP contribution in [0.5, 0.6) is 0 Å². The van der Waals surface area contributed by atoms with Crippen LogP contribution in [0.3, 0.4) is 0 Å². The van der Waals surface area contributed by atoms with E-state index in [9.17, 15) is 4.79 Å². The van der Waals surface area contributed by atoms with Gasteiger partial charge >= 0.3 is 0 Å². The lowest BCUT2D eigenvalue weighted by Gasteiger charge is -2.32. The molecule has 1 aromatic heterocycles. The summed E-state index contributed by atoms with van der Waals surface area (Å²) in [4.78, 5) is 19.9. The molecule has 0 radical (unpaired) electrons. The summed E-state index contributed by atoms with van der Waals surface area (Å²) in [5.41, 5.74) is 0. The molecule has 1 fully saturated rings. The van der Waals surface area contributed by atoms with Crippen molar-refractivity contribution in [3.05, 3.63) is 22.4 Å². The molecular formula is C20H35N5OS. The standard InChI is InChI=1S/C20H35N5OS/c1-4-9-22-19(26)15-25-10-7-17(8-11-25)24-20(21-3)23-14-16(2)13-18-6-5-12-27-18/h5-6,12,16-17H,4,7-11,13-15H2,1-3H3,(H,22,26)(H2,21,23,24). The summed E-state index contributed by atoms with van der Waals surface area (Å²) in [5.74, 6) is 1.58. The number of hydrogen-bond acceptors (Lipinski definition) is 4. The van der Waals surface area contributed by atoms with Gasteiger partial charge in [-0.15, -0.1) is 11.3 Å².